The summed E-state index contributed by atoms with van der Waals surface area (Å²) < 4.78 is 46.7. The highest BCUT2D eigenvalue weighted by Crippen LogP contribution is 2.73. The van der Waals surface area contributed by atoms with Crippen molar-refractivity contribution in [2.24, 2.45) is 28.6 Å². The average molecular weight is 582 g/mol. The number of carbonyl (C=O) groups excluding carboxylic acids is 2. The lowest BCUT2D eigenvalue weighted by Crippen LogP contribution is -2.70. The highest BCUT2D eigenvalue weighted by atomic mass is 35.5. The predicted molar refractivity (Wildman–Crippen MR) is 142 cm³/mol. The van der Waals surface area contributed by atoms with Gasteiger partial charge in [-0.25, -0.2) is 13.2 Å². The summed E-state index contributed by atoms with van der Waals surface area (Å²) in [6, 6.07) is 6.29. The predicted octanol–water partition coefficient (Wildman–Crippen LogP) is 5.56. The van der Waals surface area contributed by atoms with Gasteiger partial charge in [-0.15, -0.1) is 0 Å². The van der Waals surface area contributed by atoms with Crippen LogP contribution in [0.1, 0.15) is 38.7 Å². The van der Waals surface area contributed by atoms with Gasteiger partial charge in [0.05, 0.1) is 6.10 Å². The number of alkyl halides is 3. The first-order valence-corrected chi connectivity index (χ1v) is 14.6. The molecule has 4 aliphatic carbocycles. The summed E-state index contributed by atoms with van der Waals surface area (Å²) >= 11 is 6.54. The van der Waals surface area contributed by atoms with Crippen molar-refractivity contribution >= 4 is 34.3 Å². The van der Waals surface area contributed by atoms with Crippen molar-refractivity contribution in [1.82, 2.24) is 5.06 Å². The lowest BCUT2D eigenvalue weighted by atomic mass is 9.44. The van der Waals surface area contributed by atoms with E-state index in [2.05, 4.69) is 0 Å². The van der Waals surface area contributed by atoms with E-state index in [1.54, 1.807) is 24.1 Å². The molecule has 39 heavy (non-hydrogen) atoms. The lowest BCUT2D eigenvalue weighted by molar-refractivity contribution is -0.266. The van der Waals surface area contributed by atoms with Crippen LogP contribution in [0.4, 0.5) is 13.2 Å². The Balaban J connectivity index is 1.40. The van der Waals surface area contributed by atoms with E-state index in [9.17, 15) is 19.1 Å². The molecule has 2 unspecified atom stereocenters. The zero-order chi connectivity index (χ0) is 28.0. The van der Waals surface area contributed by atoms with Crippen LogP contribution >= 0.6 is 23.4 Å². The summed E-state index contributed by atoms with van der Waals surface area (Å²) in [6.07, 6.45) is 0.720. The molecule has 5 nitrogen and oxygen atoms in total. The van der Waals surface area contributed by atoms with Crippen LogP contribution in [0.15, 0.2) is 48.1 Å². The molecule has 1 aromatic rings. The van der Waals surface area contributed by atoms with Crippen LogP contribution in [0.3, 0.4) is 0 Å². The Hall–Kier alpha value is -1.65. The Morgan fingerprint density at radius 1 is 1.23 bits per heavy atom. The zero-order valence-electron chi connectivity index (χ0n) is 21.7. The standard InChI is InChI=1S/C29H31ClF3NO4S/c1-26-8-7-19(35)10-22(26)23(32)11-21-20-9-17-14-34(13-16-3-5-18(30)6-4-16)38-29(17,25(37)39-15-31)27(20,2)12-24(36)28(21,26)33/h3-8,10,17,20-21,23-24,36H,9,11-15H2,1-2H3/t17-,20?,21-,23-,24-,26-,27?,28-,29-/m0/s1. The molecule has 3 saturated carbocycles. The van der Waals surface area contributed by atoms with Crippen molar-refractivity contribution in [3.63, 3.8) is 0 Å². The van der Waals surface area contributed by atoms with E-state index >= 15 is 8.78 Å². The molecule has 5 aliphatic rings. The van der Waals surface area contributed by atoms with Crippen LogP contribution in [0.25, 0.3) is 0 Å². The number of hydrogen-bond acceptors (Lipinski definition) is 6. The molecule has 1 N–H and O–H groups in total. The van der Waals surface area contributed by atoms with Gasteiger partial charge in [-0.05, 0) is 67.5 Å². The lowest BCUT2D eigenvalue weighted by Gasteiger charge is -2.63. The number of fused-ring (bicyclic) bond motifs is 7. The fraction of sp³-hybridized carbons (Fsp3) is 0.586. The second-order valence-corrected chi connectivity index (χ2v) is 13.4. The van der Waals surface area contributed by atoms with E-state index in [0.717, 1.165) is 11.6 Å². The maximum Gasteiger partial charge on any atom is 0.226 e. The van der Waals surface area contributed by atoms with Crippen LogP contribution in [0.5, 0.6) is 0 Å². The number of allylic oxidation sites excluding steroid dienone is 4. The number of aliphatic hydroxyl groups is 1. The smallest absolute Gasteiger partial charge is 0.226 e. The Bertz CT molecular complexity index is 1280. The molecule has 6 rings (SSSR count). The van der Waals surface area contributed by atoms with E-state index in [1.807, 2.05) is 19.1 Å². The molecule has 1 aromatic carbocycles. The number of thioether (sulfide) groups is 1. The highest BCUT2D eigenvalue weighted by Gasteiger charge is 2.79. The van der Waals surface area contributed by atoms with E-state index in [4.69, 9.17) is 16.4 Å². The van der Waals surface area contributed by atoms with E-state index in [1.165, 1.54) is 12.2 Å². The van der Waals surface area contributed by atoms with Gasteiger partial charge >= 0.3 is 0 Å². The topological polar surface area (TPSA) is 66.8 Å². The summed E-state index contributed by atoms with van der Waals surface area (Å²) in [7, 11) is 0. The third-order valence-electron chi connectivity index (χ3n) is 10.4. The minimum atomic E-state index is -2.25. The van der Waals surface area contributed by atoms with Crippen molar-refractivity contribution in [2.75, 3.05) is 12.6 Å². The molecular weight excluding hydrogens is 551 g/mol. The monoisotopic (exact) mass is 581 g/mol. The number of aliphatic hydroxyl groups excluding tert-OH is 1. The van der Waals surface area contributed by atoms with Crippen molar-refractivity contribution in [1.29, 1.82) is 0 Å². The van der Waals surface area contributed by atoms with Crippen molar-refractivity contribution in [3.05, 3.63) is 58.7 Å². The number of halogens is 4. The van der Waals surface area contributed by atoms with Crippen molar-refractivity contribution < 1.29 is 32.7 Å². The fourth-order valence-electron chi connectivity index (χ4n) is 8.71. The molecule has 0 spiro atoms. The van der Waals surface area contributed by atoms with Gasteiger partial charge in [-0.2, -0.15) is 5.06 Å². The van der Waals surface area contributed by atoms with Crippen LogP contribution in [0.2, 0.25) is 5.02 Å². The van der Waals surface area contributed by atoms with Crippen molar-refractivity contribution in [2.45, 2.75) is 63.2 Å². The number of rotatable bonds is 4. The molecule has 9 atom stereocenters. The number of ketones is 1. The quantitative estimate of drug-likeness (QED) is 0.502. The highest BCUT2D eigenvalue weighted by molar-refractivity contribution is 8.13. The Labute approximate surface area is 234 Å². The molecule has 0 amide bonds. The molecule has 210 valence electrons. The molecule has 4 fully saturated rings. The number of hydrogen-bond donors (Lipinski definition) is 1. The van der Waals surface area contributed by atoms with Crippen molar-refractivity contribution in [3.8, 4) is 0 Å². The summed E-state index contributed by atoms with van der Waals surface area (Å²) in [5, 5.41) is 13.4. The summed E-state index contributed by atoms with van der Waals surface area (Å²) in [5.74, 6) is -2.23. The molecule has 0 bridgehead atoms. The SMILES string of the molecule is CC12C[C@H](O)[C@@]3(F)[C@@H](C[C@H](F)C4=CC(=O)C=C[C@@]43C)C1C[C@H]1CN(Cc3ccc(Cl)cc3)O[C@]12C(=O)SCF. The van der Waals surface area contributed by atoms with Gasteiger partial charge in [0.15, 0.2) is 17.1 Å². The summed E-state index contributed by atoms with van der Waals surface area (Å²) in [6.45, 7) is 4.07. The van der Waals surface area contributed by atoms with Crippen LogP contribution < -0.4 is 0 Å². The Morgan fingerprint density at radius 3 is 2.64 bits per heavy atom. The third-order valence-corrected chi connectivity index (χ3v) is 11.4. The normalized spacial score (nSPS) is 44.8. The van der Waals surface area contributed by atoms with Gasteiger partial charge in [0.2, 0.25) is 5.12 Å². The van der Waals surface area contributed by atoms with Crippen LogP contribution in [-0.2, 0) is 21.0 Å². The number of benzene rings is 1. The average Bonchev–Trinajstić information content (AvgIpc) is 3.36. The first-order valence-electron chi connectivity index (χ1n) is 13.3. The third kappa shape index (κ3) is 3.59. The number of hydroxylamine groups is 2. The molecule has 1 heterocycles. The van der Waals surface area contributed by atoms with Gasteiger partial charge in [0, 0.05) is 40.8 Å². The number of carbonyl (C=O) groups is 2. The van der Waals surface area contributed by atoms with Crippen LogP contribution in [-0.4, -0.2) is 57.2 Å². The van der Waals surface area contributed by atoms with Gasteiger partial charge in [0.25, 0.3) is 0 Å². The summed E-state index contributed by atoms with van der Waals surface area (Å²) in [5.41, 5.74) is -5.36. The zero-order valence-corrected chi connectivity index (χ0v) is 23.3. The Morgan fingerprint density at radius 2 is 1.95 bits per heavy atom. The molecule has 0 radical (unpaired) electrons. The molecule has 0 aromatic heterocycles. The van der Waals surface area contributed by atoms with Crippen LogP contribution in [0, 0.1) is 28.6 Å². The van der Waals surface area contributed by atoms with E-state index in [0.29, 0.717) is 36.3 Å². The minimum absolute atomic E-state index is 0.0544. The van der Waals surface area contributed by atoms with Gasteiger partial charge in [0.1, 0.15) is 12.2 Å². The number of nitrogens with zero attached hydrogens (tertiary/aromatic N) is 1. The van der Waals surface area contributed by atoms with Gasteiger partial charge in [-0.1, -0.05) is 48.5 Å². The largest absolute Gasteiger partial charge is 0.390 e. The molecule has 10 heteroatoms. The molecule has 1 aliphatic heterocycles. The van der Waals surface area contributed by atoms with E-state index < -0.39 is 69.0 Å². The van der Waals surface area contributed by atoms with Gasteiger partial charge < -0.3 is 5.11 Å². The molecular formula is C29H31ClF3NO4S. The first-order chi connectivity index (χ1) is 18.4. The minimum Gasteiger partial charge on any atom is -0.390 e. The van der Waals surface area contributed by atoms with Gasteiger partial charge in [-0.3, -0.25) is 14.4 Å². The maximum absolute atomic E-state index is 17.5. The maximum atomic E-state index is 17.5. The summed E-state index contributed by atoms with van der Waals surface area (Å²) in [4.78, 5) is 32.3. The van der Waals surface area contributed by atoms with E-state index in [-0.39, 0.29) is 18.4 Å². The second-order valence-electron chi connectivity index (χ2n) is 12.1. The Kier molecular flexibility index (Phi) is 6.48. The second kappa shape index (κ2) is 9.18. The first kappa shape index (κ1) is 27.5. The fourth-order valence-corrected chi connectivity index (χ4v) is 9.58. The molecule has 1 saturated heterocycles.